The number of hydrogen-bond acceptors (Lipinski definition) is 0. The zero-order valence-electron chi connectivity index (χ0n) is 20.6. The molecule has 6 atom stereocenters. The number of hydrogen-bond donors (Lipinski definition) is 0. The number of benzene rings is 1. The van der Waals surface area contributed by atoms with Gasteiger partial charge < -0.3 is 0 Å². The second-order valence-corrected chi connectivity index (χ2v) is 17.0. The Morgan fingerprint density at radius 3 is 1.30 bits per heavy atom. The zero-order chi connectivity index (χ0) is 24.8. The van der Waals surface area contributed by atoms with Gasteiger partial charge in [0, 0.05) is 5.19 Å². The normalized spacial score (nSPS) is 32.9. The van der Waals surface area contributed by atoms with Crippen LogP contribution in [-0.2, 0) is 0 Å². The lowest BCUT2D eigenvalue weighted by Gasteiger charge is -2.52. The van der Waals surface area contributed by atoms with E-state index in [2.05, 4.69) is 41.5 Å². The molecule has 33 heavy (non-hydrogen) atoms. The van der Waals surface area contributed by atoms with E-state index in [0.717, 1.165) is 25.7 Å². The van der Waals surface area contributed by atoms with Gasteiger partial charge in [-0.1, -0.05) is 54.4 Å². The Morgan fingerprint density at radius 1 is 0.636 bits per heavy atom. The standard InChI is InChI=1S/C26H38ClF5Si/c1-13(2)17-9-7-15(5)11-19(17)33(27,20-12-16(6)8-10-18(20)14(3)4)26-24(31)22(29)21(28)23(30)25(26)32/h13-20H,7-12H2,1-6H3. The monoisotopic (exact) mass is 508 g/mol. The molecule has 0 heterocycles. The minimum absolute atomic E-state index is 0.102. The van der Waals surface area contributed by atoms with E-state index in [-0.39, 0.29) is 34.8 Å². The Hall–Kier alpha value is -0.623. The Labute approximate surface area is 201 Å². The van der Waals surface area contributed by atoms with Crippen LogP contribution in [0, 0.1) is 64.6 Å². The van der Waals surface area contributed by atoms with Gasteiger partial charge in [0.1, 0.15) is 0 Å². The molecule has 0 spiro atoms. The van der Waals surface area contributed by atoms with Gasteiger partial charge in [-0.2, -0.15) is 11.1 Å². The molecule has 0 amide bonds. The van der Waals surface area contributed by atoms with E-state index in [1.807, 2.05) is 0 Å². The van der Waals surface area contributed by atoms with Crippen molar-refractivity contribution < 1.29 is 22.0 Å². The van der Waals surface area contributed by atoms with Gasteiger partial charge >= 0.3 is 0 Å². The topological polar surface area (TPSA) is 0 Å². The smallest absolute Gasteiger partial charge is 0.200 e. The van der Waals surface area contributed by atoms with E-state index in [1.165, 1.54) is 0 Å². The molecule has 3 rings (SSSR count). The average molecular weight is 509 g/mol. The summed E-state index contributed by atoms with van der Waals surface area (Å²) in [6, 6.07) is 0. The molecule has 0 nitrogen and oxygen atoms in total. The van der Waals surface area contributed by atoms with Crippen LogP contribution in [0.3, 0.4) is 0 Å². The highest BCUT2D eigenvalue weighted by Gasteiger charge is 2.59. The van der Waals surface area contributed by atoms with Gasteiger partial charge in [0.25, 0.3) is 0 Å². The lowest BCUT2D eigenvalue weighted by atomic mass is 9.76. The predicted octanol–water partition coefficient (Wildman–Crippen LogP) is 8.70. The SMILES string of the molecule is CC1CCC(C(C)C)C([Si](Cl)(c2c(F)c(F)c(F)c(F)c2F)C2CC(C)CCC2C(C)C)C1. The summed E-state index contributed by atoms with van der Waals surface area (Å²) in [6.07, 6.45) is 5.07. The van der Waals surface area contributed by atoms with E-state index in [0.29, 0.717) is 24.7 Å². The molecule has 6 unspecified atom stereocenters. The van der Waals surface area contributed by atoms with Gasteiger partial charge in [-0.3, -0.25) is 0 Å². The Kier molecular flexibility index (Phi) is 8.31. The summed E-state index contributed by atoms with van der Waals surface area (Å²) < 4.78 is 74.1. The molecule has 0 bridgehead atoms. The van der Waals surface area contributed by atoms with Crippen LogP contribution in [0.1, 0.15) is 80.1 Å². The van der Waals surface area contributed by atoms with Crippen molar-refractivity contribution in [1.82, 2.24) is 0 Å². The van der Waals surface area contributed by atoms with Gasteiger partial charge in [0.2, 0.25) is 13.2 Å². The minimum atomic E-state index is -3.76. The first-order valence-electron chi connectivity index (χ1n) is 12.5. The van der Waals surface area contributed by atoms with Gasteiger partial charge in [0.05, 0.1) is 0 Å². The second-order valence-electron chi connectivity index (χ2n) is 11.6. The molecule has 1 aromatic carbocycles. The Bertz CT molecular complexity index is 797. The maximum Gasteiger partial charge on any atom is 0.200 e. The molecule has 0 N–H and O–H groups in total. The summed E-state index contributed by atoms with van der Waals surface area (Å²) in [5, 5.41) is -0.657. The fourth-order valence-corrected chi connectivity index (χ4v) is 15.0. The summed E-state index contributed by atoms with van der Waals surface area (Å²) in [6.45, 7) is 12.6. The average Bonchev–Trinajstić information content (AvgIpc) is 2.75. The van der Waals surface area contributed by atoms with Crippen LogP contribution >= 0.6 is 11.1 Å². The summed E-state index contributed by atoms with van der Waals surface area (Å²) in [7, 11) is -3.76. The van der Waals surface area contributed by atoms with Crippen molar-refractivity contribution in [2.24, 2.45) is 35.5 Å². The van der Waals surface area contributed by atoms with E-state index in [9.17, 15) is 13.2 Å². The van der Waals surface area contributed by atoms with Crippen LogP contribution in [0.2, 0.25) is 11.1 Å². The minimum Gasteiger partial charge on any atom is -0.204 e. The first-order chi connectivity index (χ1) is 15.3. The first-order valence-corrected chi connectivity index (χ1v) is 15.7. The molecular formula is C26H38ClF5Si. The molecule has 0 aliphatic heterocycles. The fourth-order valence-electron chi connectivity index (χ4n) is 6.96. The van der Waals surface area contributed by atoms with Crippen molar-refractivity contribution in [3.8, 4) is 0 Å². The van der Waals surface area contributed by atoms with Crippen LogP contribution in [0.25, 0.3) is 0 Å². The maximum absolute atomic E-state index is 15.5. The lowest BCUT2D eigenvalue weighted by molar-refractivity contribution is 0.207. The molecule has 2 aliphatic carbocycles. The largest absolute Gasteiger partial charge is 0.204 e. The van der Waals surface area contributed by atoms with E-state index in [1.54, 1.807) is 0 Å². The van der Waals surface area contributed by atoms with Crippen molar-refractivity contribution in [1.29, 1.82) is 0 Å². The van der Waals surface area contributed by atoms with Crippen LogP contribution in [0.15, 0.2) is 0 Å². The fraction of sp³-hybridized carbons (Fsp3) is 0.769. The van der Waals surface area contributed by atoms with Crippen molar-refractivity contribution in [2.75, 3.05) is 0 Å². The van der Waals surface area contributed by atoms with E-state index < -0.39 is 41.7 Å². The van der Waals surface area contributed by atoms with E-state index >= 15 is 8.78 Å². The van der Waals surface area contributed by atoms with Crippen LogP contribution in [0.4, 0.5) is 22.0 Å². The maximum atomic E-state index is 15.5. The molecule has 0 aromatic heterocycles. The lowest BCUT2D eigenvalue weighted by Crippen LogP contribution is -2.60. The highest BCUT2D eigenvalue weighted by Crippen LogP contribution is 2.58. The van der Waals surface area contributed by atoms with Gasteiger partial charge in [-0.25, -0.2) is 22.0 Å². The summed E-state index contributed by atoms with van der Waals surface area (Å²) in [5.41, 5.74) is -0.486. The number of rotatable bonds is 5. The molecule has 2 saturated carbocycles. The number of halogens is 6. The predicted molar refractivity (Wildman–Crippen MR) is 128 cm³/mol. The Balaban J connectivity index is 2.34. The quantitative estimate of drug-likeness (QED) is 0.123. The molecule has 1 aromatic rings. The molecule has 2 aliphatic rings. The molecule has 2 fully saturated rings. The zero-order valence-corrected chi connectivity index (χ0v) is 22.4. The third-order valence-electron chi connectivity index (χ3n) is 8.72. The van der Waals surface area contributed by atoms with Gasteiger partial charge in [-0.05, 0) is 72.3 Å². The Morgan fingerprint density at radius 2 is 0.970 bits per heavy atom. The molecule has 188 valence electrons. The van der Waals surface area contributed by atoms with Crippen LogP contribution in [-0.4, -0.2) is 7.38 Å². The third kappa shape index (κ3) is 4.77. The summed E-state index contributed by atoms with van der Waals surface area (Å²) in [5.74, 6) is -7.99. The molecular weight excluding hydrogens is 471 g/mol. The first kappa shape index (κ1) is 27.0. The van der Waals surface area contributed by atoms with Crippen LogP contribution < -0.4 is 5.19 Å². The van der Waals surface area contributed by atoms with Crippen molar-refractivity contribution in [3.05, 3.63) is 29.1 Å². The molecule has 0 saturated heterocycles. The van der Waals surface area contributed by atoms with Gasteiger partial charge in [-0.15, -0.1) is 0 Å². The molecule has 7 heteroatoms. The van der Waals surface area contributed by atoms with E-state index in [4.69, 9.17) is 11.1 Å². The van der Waals surface area contributed by atoms with Gasteiger partial charge in [0.15, 0.2) is 23.3 Å². The molecule has 0 radical (unpaired) electrons. The summed E-state index contributed by atoms with van der Waals surface area (Å²) in [4.78, 5) is 0. The van der Waals surface area contributed by atoms with Crippen molar-refractivity contribution >= 4 is 23.6 Å². The highest BCUT2D eigenvalue weighted by molar-refractivity contribution is 7.29. The van der Waals surface area contributed by atoms with Crippen molar-refractivity contribution in [2.45, 2.75) is 91.1 Å². The van der Waals surface area contributed by atoms with Crippen molar-refractivity contribution in [3.63, 3.8) is 0 Å². The highest BCUT2D eigenvalue weighted by atomic mass is 35.6. The second kappa shape index (κ2) is 10.2. The third-order valence-corrected chi connectivity index (χ3v) is 15.7. The van der Waals surface area contributed by atoms with Crippen LogP contribution in [0.5, 0.6) is 0 Å². The summed E-state index contributed by atoms with van der Waals surface area (Å²) >= 11 is 7.64.